The molecule has 2 fully saturated rings. The Labute approximate surface area is 241 Å². The highest BCUT2D eigenvalue weighted by Gasteiger charge is 2.24. The van der Waals surface area contributed by atoms with E-state index in [0.717, 1.165) is 17.6 Å². The third-order valence-corrected chi connectivity index (χ3v) is 8.69. The maximum absolute atomic E-state index is 12.1. The van der Waals surface area contributed by atoms with Crippen LogP contribution in [0.4, 0.5) is 4.79 Å². The second kappa shape index (κ2) is 16.9. The number of aliphatic carboxylic acids is 1. The molecule has 1 aromatic carbocycles. The number of benzene rings is 1. The maximum Gasteiger partial charge on any atom is 0.408 e. The van der Waals surface area contributed by atoms with E-state index in [4.69, 9.17) is 4.74 Å². The van der Waals surface area contributed by atoms with E-state index < -0.39 is 33.7 Å². The zero-order valence-electron chi connectivity index (χ0n) is 24.8. The number of hydrogen-bond donors (Lipinski definition) is 4. The van der Waals surface area contributed by atoms with Gasteiger partial charge in [-0.25, -0.2) is 22.7 Å². The molecular formula is C30H51N3O6S. The molecule has 40 heavy (non-hydrogen) atoms. The van der Waals surface area contributed by atoms with Gasteiger partial charge >= 0.3 is 12.1 Å². The Morgan fingerprint density at radius 2 is 1.45 bits per heavy atom. The average molecular weight is 582 g/mol. The lowest BCUT2D eigenvalue weighted by molar-refractivity contribution is -0.139. The molecule has 1 atom stereocenters. The van der Waals surface area contributed by atoms with Crippen molar-refractivity contribution in [2.45, 2.75) is 140 Å². The molecular weight excluding hydrogens is 530 g/mol. The fourth-order valence-corrected chi connectivity index (χ4v) is 6.13. The van der Waals surface area contributed by atoms with E-state index in [1.54, 1.807) is 32.9 Å². The Bertz CT molecular complexity index is 979. The van der Waals surface area contributed by atoms with Gasteiger partial charge in [0.1, 0.15) is 11.6 Å². The molecule has 228 valence electrons. The van der Waals surface area contributed by atoms with Crippen molar-refractivity contribution in [2.75, 3.05) is 6.54 Å². The summed E-state index contributed by atoms with van der Waals surface area (Å²) in [5.74, 6) is -1.17. The van der Waals surface area contributed by atoms with E-state index in [9.17, 15) is 23.1 Å². The zero-order valence-corrected chi connectivity index (χ0v) is 25.7. The van der Waals surface area contributed by atoms with Crippen LogP contribution in [0.2, 0.25) is 0 Å². The van der Waals surface area contributed by atoms with Crippen molar-refractivity contribution in [1.29, 1.82) is 0 Å². The number of hydrogen-bond acceptors (Lipinski definition) is 6. The summed E-state index contributed by atoms with van der Waals surface area (Å²) in [5, 5.41) is 15.4. The quantitative estimate of drug-likeness (QED) is 0.248. The molecule has 0 saturated heterocycles. The number of nitrogens with one attached hydrogen (secondary N) is 3. The third-order valence-electron chi connectivity index (χ3n) is 7.21. The van der Waals surface area contributed by atoms with Crippen molar-refractivity contribution in [3.05, 3.63) is 29.8 Å². The number of unbranched alkanes of at least 4 members (excludes halogenated alkanes) is 1. The number of amides is 1. The molecule has 0 aromatic heterocycles. The minimum Gasteiger partial charge on any atom is -0.480 e. The van der Waals surface area contributed by atoms with Crippen molar-refractivity contribution < 1.29 is 27.9 Å². The SMILES string of the molecule is C1CCC(NC2CCCCC2)CC1.Cc1ccc(S(=O)(=O)NCCCCC(NC(=O)OC(C)(C)C)C(=O)O)cc1. The van der Waals surface area contributed by atoms with Crippen LogP contribution in [-0.4, -0.2) is 55.9 Å². The smallest absolute Gasteiger partial charge is 0.408 e. The van der Waals surface area contributed by atoms with Gasteiger partial charge in [0.05, 0.1) is 4.90 Å². The lowest BCUT2D eigenvalue weighted by Gasteiger charge is -2.30. The van der Waals surface area contributed by atoms with Crippen molar-refractivity contribution >= 4 is 22.1 Å². The number of aryl methyl sites for hydroxylation is 1. The van der Waals surface area contributed by atoms with E-state index in [1.807, 2.05) is 6.92 Å². The number of alkyl carbamates (subject to hydrolysis) is 1. The van der Waals surface area contributed by atoms with Gasteiger partial charge in [0.15, 0.2) is 0 Å². The van der Waals surface area contributed by atoms with Crippen molar-refractivity contribution in [3.8, 4) is 0 Å². The summed E-state index contributed by atoms with van der Waals surface area (Å²) < 4.78 is 31.8. The van der Waals surface area contributed by atoms with Crippen molar-refractivity contribution in [3.63, 3.8) is 0 Å². The average Bonchev–Trinajstić information content (AvgIpc) is 2.88. The van der Waals surface area contributed by atoms with Crippen LogP contribution >= 0.6 is 0 Å². The second-order valence-electron chi connectivity index (χ2n) is 12.1. The molecule has 0 spiro atoms. The van der Waals surface area contributed by atoms with Crippen LogP contribution in [0.3, 0.4) is 0 Å². The van der Waals surface area contributed by atoms with Gasteiger partial charge in [0, 0.05) is 18.6 Å². The number of ether oxygens (including phenoxy) is 1. The first-order valence-electron chi connectivity index (χ1n) is 14.9. The van der Waals surface area contributed by atoms with Gasteiger partial charge in [0.25, 0.3) is 0 Å². The van der Waals surface area contributed by atoms with Crippen molar-refractivity contribution in [2.24, 2.45) is 0 Å². The number of carbonyl (C=O) groups is 2. The standard InChI is InChI=1S/C18H28N2O6S.C12H23N/c1-13-8-10-14(11-9-13)27(24,25)19-12-6-5-7-15(16(21)22)20-17(23)26-18(2,3)4;1-3-7-11(8-4-1)13-12-9-5-2-6-10-12/h8-11,15,19H,5-7,12H2,1-4H3,(H,20,23)(H,21,22);11-13H,1-10H2. The number of rotatable bonds is 11. The van der Waals surface area contributed by atoms with Crippen LogP contribution < -0.4 is 15.4 Å². The fraction of sp³-hybridized carbons (Fsp3) is 0.733. The Hall–Kier alpha value is -2.17. The van der Waals surface area contributed by atoms with Gasteiger partial charge < -0.3 is 20.5 Å². The summed E-state index contributed by atoms with van der Waals surface area (Å²) in [7, 11) is -3.59. The number of carboxylic acids is 1. The Balaban J connectivity index is 0.000000355. The molecule has 0 radical (unpaired) electrons. The van der Waals surface area contributed by atoms with Gasteiger partial charge in [-0.3, -0.25) is 0 Å². The molecule has 2 aliphatic rings. The lowest BCUT2D eigenvalue weighted by atomic mass is 9.91. The van der Waals surface area contributed by atoms with E-state index in [1.165, 1.54) is 76.3 Å². The zero-order chi connectivity index (χ0) is 29.6. The lowest BCUT2D eigenvalue weighted by Crippen LogP contribution is -2.43. The van der Waals surface area contributed by atoms with Gasteiger partial charge in [-0.05, 0) is 84.8 Å². The van der Waals surface area contributed by atoms with Crippen molar-refractivity contribution in [1.82, 2.24) is 15.4 Å². The Morgan fingerprint density at radius 1 is 0.925 bits per heavy atom. The first-order valence-corrected chi connectivity index (χ1v) is 16.4. The van der Waals surface area contributed by atoms with Crippen LogP contribution in [-0.2, 0) is 19.6 Å². The molecule has 1 unspecified atom stereocenters. The summed E-state index contributed by atoms with van der Waals surface area (Å²) in [6, 6.07) is 7.15. The minimum absolute atomic E-state index is 0.167. The highest BCUT2D eigenvalue weighted by molar-refractivity contribution is 7.89. The van der Waals surface area contributed by atoms with E-state index in [2.05, 4.69) is 15.4 Å². The summed E-state index contributed by atoms with van der Waals surface area (Å²) in [5.41, 5.74) is 0.243. The predicted molar refractivity (Wildman–Crippen MR) is 158 cm³/mol. The highest BCUT2D eigenvalue weighted by Crippen LogP contribution is 2.22. The van der Waals surface area contributed by atoms with Gasteiger partial charge in [0.2, 0.25) is 10.0 Å². The molecule has 2 aliphatic carbocycles. The Morgan fingerprint density at radius 3 is 1.93 bits per heavy atom. The predicted octanol–water partition coefficient (Wildman–Crippen LogP) is 5.66. The molecule has 0 bridgehead atoms. The van der Waals surface area contributed by atoms with Gasteiger partial charge in [-0.1, -0.05) is 56.2 Å². The van der Waals surface area contributed by atoms with Crippen LogP contribution in [0.1, 0.15) is 110 Å². The molecule has 10 heteroatoms. The van der Waals surface area contributed by atoms with Gasteiger partial charge in [-0.15, -0.1) is 0 Å². The first-order chi connectivity index (χ1) is 18.9. The number of sulfonamides is 1. The first kappa shape index (κ1) is 34.0. The third kappa shape index (κ3) is 13.9. The summed E-state index contributed by atoms with van der Waals surface area (Å²) >= 11 is 0. The van der Waals surface area contributed by atoms with Crippen LogP contribution in [0.5, 0.6) is 0 Å². The number of carboxylic acid groups (broad SMARTS) is 1. The summed E-state index contributed by atoms with van der Waals surface area (Å²) in [6.07, 6.45) is 14.8. The molecule has 4 N–H and O–H groups in total. The normalized spacial score (nSPS) is 17.8. The topological polar surface area (TPSA) is 134 Å². The van der Waals surface area contributed by atoms with E-state index in [0.29, 0.717) is 12.8 Å². The Kier molecular flexibility index (Phi) is 14.4. The van der Waals surface area contributed by atoms with E-state index in [-0.39, 0.29) is 17.9 Å². The highest BCUT2D eigenvalue weighted by atomic mass is 32.2. The molecule has 1 amide bonds. The molecule has 1 aromatic rings. The molecule has 2 saturated carbocycles. The van der Waals surface area contributed by atoms with Crippen LogP contribution in [0, 0.1) is 6.92 Å². The molecule has 9 nitrogen and oxygen atoms in total. The second-order valence-corrected chi connectivity index (χ2v) is 13.8. The van der Waals surface area contributed by atoms with Crippen LogP contribution in [0.25, 0.3) is 0 Å². The largest absolute Gasteiger partial charge is 0.480 e. The number of carbonyl (C=O) groups excluding carboxylic acids is 1. The minimum atomic E-state index is -3.59. The van der Waals surface area contributed by atoms with E-state index >= 15 is 0 Å². The molecule has 0 aliphatic heterocycles. The summed E-state index contributed by atoms with van der Waals surface area (Å²) in [4.78, 5) is 23.1. The molecule has 3 rings (SSSR count). The monoisotopic (exact) mass is 581 g/mol. The van der Waals surface area contributed by atoms with Gasteiger partial charge in [-0.2, -0.15) is 0 Å². The fourth-order valence-electron chi connectivity index (χ4n) is 5.06. The molecule has 0 heterocycles. The van der Waals surface area contributed by atoms with Crippen LogP contribution in [0.15, 0.2) is 29.2 Å². The summed E-state index contributed by atoms with van der Waals surface area (Å²) in [6.45, 7) is 7.09. The maximum atomic E-state index is 12.1.